The molecule has 1 heterocycles. The Bertz CT molecular complexity index is 1150. The van der Waals surface area contributed by atoms with Gasteiger partial charge in [-0.2, -0.15) is 0 Å². The summed E-state index contributed by atoms with van der Waals surface area (Å²) in [4.78, 5) is 26.8. The van der Waals surface area contributed by atoms with Gasteiger partial charge in [0.05, 0.1) is 4.92 Å². The second-order valence-corrected chi connectivity index (χ2v) is 6.49. The molecule has 3 aromatic carbocycles. The van der Waals surface area contributed by atoms with E-state index in [9.17, 15) is 14.9 Å². The summed E-state index contributed by atoms with van der Waals surface area (Å²) >= 11 is 0. The fourth-order valence-corrected chi connectivity index (χ4v) is 2.86. The molecule has 4 rings (SSSR count). The molecular weight excluding hydrogens is 384 g/mol. The highest BCUT2D eigenvalue weighted by Crippen LogP contribution is 2.21. The maximum atomic E-state index is 12.1. The summed E-state index contributed by atoms with van der Waals surface area (Å²) in [5, 5.41) is 10.8. The minimum atomic E-state index is -0.500. The Morgan fingerprint density at radius 1 is 1.00 bits per heavy atom. The zero-order valence-electron chi connectivity index (χ0n) is 15.7. The molecule has 7 nitrogen and oxygen atoms in total. The smallest absolute Gasteiger partial charge is 0.363 e. The lowest BCUT2D eigenvalue weighted by molar-refractivity contribution is -0.384. The molecule has 0 aromatic heterocycles. The first-order valence-electron chi connectivity index (χ1n) is 9.13. The molecule has 0 saturated carbocycles. The van der Waals surface area contributed by atoms with Crippen LogP contribution in [0.25, 0.3) is 6.08 Å². The van der Waals surface area contributed by atoms with Crippen molar-refractivity contribution in [3.05, 3.63) is 111 Å². The number of benzene rings is 3. The standard InChI is InChI=1S/C23H16N2O5/c26-23-21(24-22(30-23)18-6-2-1-3-7-18)14-16-9-11-20(12-10-16)29-15-17-5-4-8-19(13-17)25(27)28/h1-14H,15H2. The molecule has 7 heteroatoms. The summed E-state index contributed by atoms with van der Waals surface area (Å²) in [6.45, 7) is 0.208. The van der Waals surface area contributed by atoms with Crippen LogP contribution in [0.3, 0.4) is 0 Å². The average Bonchev–Trinajstić information content (AvgIpc) is 3.14. The third kappa shape index (κ3) is 4.41. The van der Waals surface area contributed by atoms with Crippen molar-refractivity contribution in [2.75, 3.05) is 0 Å². The lowest BCUT2D eigenvalue weighted by atomic mass is 10.2. The summed E-state index contributed by atoms with van der Waals surface area (Å²) in [6.07, 6.45) is 1.64. The van der Waals surface area contributed by atoms with Gasteiger partial charge in [-0.05, 0) is 41.5 Å². The van der Waals surface area contributed by atoms with Crippen molar-refractivity contribution < 1.29 is 19.2 Å². The molecule has 0 atom stereocenters. The number of esters is 1. The predicted molar refractivity (Wildman–Crippen MR) is 111 cm³/mol. The van der Waals surface area contributed by atoms with E-state index in [4.69, 9.17) is 9.47 Å². The highest BCUT2D eigenvalue weighted by atomic mass is 16.6. The van der Waals surface area contributed by atoms with Gasteiger partial charge in [0.1, 0.15) is 12.4 Å². The highest BCUT2D eigenvalue weighted by molar-refractivity contribution is 6.12. The molecule has 0 unspecified atom stereocenters. The van der Waals surface area contributed by atoms with Crippen LogP contribution in [-0.2, 0) is 16.1 Å². The molecule has 0 fully saturated rings. The molecule has 0 N–H and O–H groups in total. The number of rotatable bonds is 6. The van der Waals surface area contributed by atoms with E-state index < -0.39 is 10.9 Å². The third-order valence-corrected chi connectivity index (χ3v) is 4.35. The number of ether oxygens (including phenoxy) is 2. The zero-order chi connectivity index (χ0) is 20.9. The minimum Gasteiger partial charge on any atom is -0.489 e. The zero-order valence-corrected chi connectivity index (χ0v) is 15.7. The fourth-order valence-electron chi connectivity index (χ4n) is 2.86. The number of hydrogen-bond donors (Lipinski definition) is 0. The van der Waals surface area contributed by atoms with Crippen molar-refractivity contribution >= 4 is 23.6 Å². The first kappa shape index (κ1) is 19.1. The Morgan fingerprint density at radius 2 is 1.77 bits per heavy atom. The molecular formula is C23H16N2O5. The van der Waals surface area contributed by atoms with Crippen molar-refractivity contribution in [2.24, 2.45) is 4.99 Å². The van der Waals surface area contributed by atoms with Crippen molar-refractivity contribution in [1.29, 1.82) is 0 Å². The molecule has 3 aromatic rings. The SMILES string of the molecule is O=C1OC(c2ccccc2)=NC1=Cc1ccc(OCc2cccc([N+](=O)[O-])c2)cc1. The van der Waals surface area contributed by atoms with Gasteiger partial charge in [0.15, 0.2) is 5.70 Å². The number of carbonyl (C=O) groups is 1. The number of carbonyl (C=O) groups excluding carboxylic acids is 1. The van der Waals surface area contributed by atoms with E-state index in [1.54, 1.807) is 42.5 Å². The van der Waals surface area contributed by atoms with Crippen LogP contribution in [0.2, 0.25) is 0 Å². The lowest BCUT2D eigenvalue weighted by Gasteiger charge is -2.06. The van der Waals surface area contributed by atoms with Gasteiger partial charge in [-0.3, -0.25) is 10.1 Å². The molecule has 0 bridgehead atoms. The molecule has 148 valence electrons. The quantitative estimate of drug-likeness (QED) is 0.263. The molecule has 0 radical (unpaired) electrons. The Kier molecular flexibility index (Phi) is 5.34. The van der Waals surface area contributed by atoms with Crippen LogP contribution in [0.15, 0.2) is 89.6 Å². The summed E-state index contributed by atoms with van der Waals surface area (Å²) in [7, 11) is 0. The van der Waals surface area contributed by atoms with Gasteiger partial charge in [-0.1, -0.05) is 42.5 Å². The number of cyclic esters (lactones) is 1. The Balaban J connectivity index is 1.43. The number of nitro benzene ring substituents is 1. The van der Waals surface area contributed by atoms with E-state index in [1.165, 1.54) is 12.1 Å². The predicted octanol–water partition coefficient (Wildman–Crippen LogP) is 4.52. The van der Waals surface area contributed by atoms with Crippen molar-refractivity contribution in [3.8, 4) is 5.75 Å². The third-order valence-electron chi connectivity index (χ3n) is 4.35. The molecule has 0 amide bonds. The molecule has 0 aliphatic carbocycles. The topological polar surface area (TPSA) is 91.0 Å². The minimum absolute atomic E-state index is 0.0250. The summed E-state index contributed by atoms with van der Waals surface area (Å²) in [6, 6.07) is 22.6. The number of non-ortho nitro benzene ring substituents is 1. The van der Waals surface area contributed by atoms with Crippen LogP contribution in [0.1, 0.15) is 16.7 Å². The van der Waals surface area contributed by atoms with Gasteiger partial charge in [-0.25, -0.2) is 9.79 Å². The van der Waals surface area contributed by atoms with E-state index in [2.05, 4.69) is 4.99 Å². The molecule has 0 spiro atoms. The van der Waals surface area contributed by atoms with E-state index >= 15 is 0 Å². The highest BCUT2D eigenvalue weighted by Gasteiger charge is 2.23. The number of hydrogen-bond acceptors (Lipinski definition) is 6. The van der Waals surface area contributed by atoms with Gasteiger partial charge < -0.3 is 9.47 Å². The van der Waals surface area contributed by atoms with Gasteiger partial charge in [0.2, 0.25) is 5.90 Å². The van der Waals surface area contributed by atoms with E-state index in [0.717, 1.165) is 11.1 Å². The molecule has 30 heavy (non-hydrogen) atoms. The van der Waals surface area contributed by atoms with Crippen molar-refractivity contribution in [1.82, 2.24) is 0 Å². The van der Waals surface area contributed by atoms with Gasteiger partial charge in [-0.15, -0.1) is 0 Å². The van der Waals surface area contributed by atoms with E-state index in [0.29, 0.717) is 11.3 Å². The maximum Gasteiger partial charge on any atom is 0.363 e. The fraction of sp³-hybridized carbons (Fsp3) is 0.0435. The lowest BCUT2D eigenvalue weighted by Crippen LogP contribution is -2.04. The summed E-state index contributed by atoms with van der Waals surface area (Å²) < 4.78 is 10.9. The summed E-state index contributed by atoms with van der Waals surface area (Å²) in [5.74, 6) is 0.384. The largest absolute Gasteiger partial charge is 0.489 e. The van der Waals surface area contributed by atoms with E-state index in [1.807, 2.05) is 30.3 Å². The molecule has 0 saturated heterocycles. The van der Waals surface area contributed by atoms with Gasteiger partial charge >= 0.3 is 5.97 Å². The van der Waals surface area contributed by atoms with Crippen LogP contribution in [0.5, 0.6) is 5.75 Å². The summed E-state index contributed by atoms with van der Waals surface area (Å²) in [5.41, 5.74) is 2.45. The first-order valence-corrected chi connectivity index (χ1v) is 9.13. The Labute approximate surface area is 172 Å². The monoisotopic (exact) mass is 400 g/mol. The van der Waals surface area contributed by atoms with Crippen molar-refractivity contribution in [2.45, 2.75) is 6.61 Å². The normalized spacial score (nSPS) is 14.3. The first-order chi connectivity index (χ1) is 14.6. The van der Waals surface area contributed by atoms with Gasteiger partial charge in [0, 0.05) is 17.7 Å². The molecule has 1 aliphatic rings. The second kappa shape index (κ2) is 8.40. The number of nitro groups is 1. The van der Waals surface area contributed by atoms with Crippen LogP contribution in [-0.4, -0.2) is 16.8 Å². The number of nitrogens with zero attached hydrogens (tertiary/aromatic N) is 2. The Morgan fingerprint density at radius 3 is 2.50 bits per heavy atom. The van der Waals surface area contributed by atoms with Crippen LogP contribution in [0, 0.1) is 10.1 Å². The average molecular weight is 400 g/mol. The van der Waals surface area contributed by atoms with Gasteiger partial charge in [0.25, 0.3) is 5.69 Å². The van der Waals surface area contributed by atoms with Crippen LogP contribution in [0.4, 0.5) is 5.69 Å². The van der Waals surface area contributed by atoms with Crippen LogP contribution < -0.4 is 4.74 Å². The maximum absolute atomic E-state index is 12.1. The second-order valence-electron chi connectivity index (χ2n) is 6.49. The molecule has 1 aliphatic heterocycles. The van der Waals surface area contributed by atoms with Crippen LogP contribution >= 0.6 is 0 Å². The Hall–Kier alpha value is -4.26. The van der Waals surface area contributed by atoms with Crippen molar-refractivity contribution in [3.63, 3.8) is 0 Å². The number of aliphatic imine (C=N–C) groups is 1. The van der Waals surface area contributed by atoms with E-state index in [-0.39, 0.29) is 23.9 Å².